The Morgan fingerprint density at radius 3 is 2.20 bits per heavy atom. The monoisotopic (exact) mass is 228 g/mol. The summed E-state index contributed by atoms with van der Waals surface area (Å²) in [6.07, 6.45) is -4.91. The third-order valence-corrected chi connectivity index (χ3v) is 1.54. The lowest BCUT2D eigenvalue weighted by Gasteiger charge is -2.27. The van der Waals surface area contributed by atoms with Crippen LogP contribution in [0.4, 0.5) is 13.2 Å². The molecule has 0 spiro atoms. The van der Waals surface area contributed by atoms with E-state index in [0.29, 0.717) is 0 Å². The largest absolute Gasteiger partial charge is 0.471 e. The highest BCUT2D eigenvalue weighted by Crippen LogP contribution is 2.14. The topological polar surface area (TPSA) is 52.6 Å². The van der Waals surface area contributed by atoms with Gasteiger partial charge in [-0.1, -0.05) is 0 Å². The Morgan fingerprint density at radius 2 is 1.87 bits per heavy atom. The molecule has 0 aliphatic rings. The molecule has 1 unspecified atom stereocenters. The van der Waals surface area contributed by atoms with Crippen molar-refractivity contribution >= 4 is 5.91 Å². The molecule has 1 amide bonds. The summed E-state index contributed by atoms with van der Waals surface area (Å²) in [6, 6.07) is 0. The number of hydrogen-bond acceptors (Lipinski definition) is 3. The summed E-state index contributed by atoms with van der Waals surface area (Å²) < 4.78 is 35.3. The zero-order chi connectivity index (χ0) is 12.3. The molecule has 0 rings (SSSR count). The van der Waals surface area contributed by atoms with E-state index in [4.69, 9.17) is 0 Å². The van der Waals surface area contributed by atoms with Crippen LogP contribution >= 0.6 is 0 Å². The minimum Gasteiger partial charge on any atom is -0.387 e. The molecule has 0 saturated heterocycles. The van der Waals surface area contributed by atoms with Gasteiger partial charge in [0.1, 0.15) is 0 Å². The Labute approximate surface area is 86.1 Å². The van der Waals surface area contributed by atoms with E-state index >= 15 is 0 Å². The van der Waals surface area contributed by atoms with Gasteiger partial charge in [-0.05, 0) is 21.0 Å². The van der Waals surface area contributed by atoms with Crippen molar-refractivity contribution in [3.63, 3.8) is 0 Å². The first-order valence-corrected chi connectivity index (χ1v) is 4.27. The van der Waals surface area contributed by atoms with Crippen LogP contribution < -0.4 is 5.32 Å². The zero-order valence-electron chi connectivity index (χ0n) is 8.85. The number of amides is 1. The fourth-order valence-corrected chi connectivity index (χ4v) is 1.11. The van der Waals surface area contributed by atoms with Crippen LogP contribution in [0.25, 0.3) is 0 Å². The molecule has 0 aliphatic carbocycles. The van der Waals surface area contributed by atoms with Crippen molar-refractivity contribution in [1.29, 1.82) is 0 Å². The third-order valence-electron chi connectivity index (χ3n) is 1.54. The van der Waals surface area contributed by atoms with Crippen molar-refractivity contribution < 1.29 is 23.1 Å². The van der Waals surface area contributed by atoms with Crippen LogP contribution in [0, 0.1) is 0 Å². The molecule has 0 aromatic rings. The number of halogens is 3. The Bertz CT molecular complexity index is 226. The maximum absolute atomic E-state index is 11.8. The van der Waals surface area contributed by atoms with Gasteiger partial charge in [-0.15, -0.1) is 0 Å². The summed E-state index contributed by atoms with van der Waals surface area (Å²) in [5, 5.41) is 11.2. The molecule has 7 heteroatoms. The fraction of sp³-hybridized carbons (Fsp3) is 0.875. The van der Waals surface area contributed by atoms with Crippen LogP contribution in [0.15, 0.2) is 0 Å². The molecule has 0 fully saturated rings. The van der Waals surface area contributed by atoms with Crippen LogP contribution in [-0.2, 0) is 4.79 Å². The number of carbonyl (C=O) groups excluding carboxylic acids is 1. The highest BCUT2D eigenvalue weighted by atomic mass is 19.4. The molecule has 0 heterocycles. The van der Waals surface area contributed by atoms with Gasteiger partial charge in [-0.3, -0.25) is 4.79 Å². The number of nitrogens with one attached hydrogen (secondary N) is 1. The minimum atomic E-state index is -4.91. The smallest absolute Gasteiger partial charge is 0.387 e. The van der Waals surface area contributed by atoms with E-state index in [1.165, 1.54) is 6.92 Å². The lowest BCUT2D eigenvalue weighted by atomic mass is 10.1. The molecule has 0 bridgehead atoms. The van der Waals surface area contributed by atoms with E-state index in [-0.39, 0.29) is 6.54 Å². The Balaban J connectivity index is 4.10. The predicted molar refractivity (Wildman–Crippen MR) is 48.2 cm³/mol. The molecular weight excluding hydrogens is 213 g/mol. The number of carbonyl (C=O) groups is 1. The lowest BCUT2D eigenvalue weighted by Crippen LogP contribution is -2.49. The van der Waals surface area contributed by atoms with Crippen LogP contribution in [0.2, 0.25) is 0 Å². The number of alkyl halides is 3. The van der Waals surface area contributed by atoms with Crippen LogP contribution in [0.3, 0.4) is 0 Å². The van der Waals surface area contributed by atoms with Crippen molar-refractivity contribution in [2.75, 3.05) is 27.2 Å². The van der Waals surface area contributed by atoms with Crippen LogP contribution in [0.5, 0.6) is 0 Å². The molecule has 2 N–H and O–H groups in total. The van der Waals surface area contributed by atoms with Crippen molar-refractivity contribution in [2.45, 2.75) is 18.7 Å². The molecule has 0 aliphatic heterocycles. The standard InChI is InChI=1S/C8H15F3N2O2/c1-7(15,5-13(2)3)4-12-6(14)8(9,10)11/h15H,4-5H2,1-3H3,(H,12,14). The SMILES string of the molecule is CN(C)CC(C)(O)CNC(=O)C(F)(F)F. The van der Waals surface area contributed by atoms with Gasteiger partial charge in [0.05, 0.1) is 5.60 Å². The zero-order valence-corrected chi connectivity index (χ0v) is 8.85. The van der Waals surface area contributed by atoms with E-state index in [9.17, 15) is 23.1 Å². The van der Waals surface area contributed by atoms with Gasteiger partial charge in [-0.2, -0.15) is 13.2 Å². The van der Waals surface area contributed by atoms with E-state index < -0.39 is 24.2 Å². The van der Waals surface area contributed by atoms with Gasteiger partial charge in [0.15, 0.2) is 0 Å². The molecular formula is C8H15F3N2O2. The molecule has 15 heavy (non-hydrogen) atoms. The number of hydrogen-bond donors (Lipinski definition) is 2. The Kier molecular flexibility index (Phi) is 4.54. The van der Waals surface area contributed by atoms with Crippen molar-refractivity contribution in [1.82, 2.24) is 10.2 Å². The van der Waals surface area contributed by atoms with Crippen molar-refractivity contribution in [3.8, 4) is 0 Å². The molecule has 0 saturated carbocycles. The van der Waals surface area contributed by atoms with Crippen molar-refractivity contribution in [2.24, 2.45) is 0 Å². The highest BCUT2D eigenvalue weighted by molar-refractivity contribution is 5.81. The quantitative estimate of drug-likeness (QED) is 0.711. The third kappa shape index (κ3) is 6.29. The molecule has 0 aromatic carbocycles. The molecule has 0 aromatic heterocycles. The Hall–Kier alpha value is -0.820. The van der Waals surface area contributed by atoms with Gasteiger partial charge >= 0.3 is 12.1 Å². The lowest BCUT2D eigenvalue weighted by molar-refractivity contribution is -0.174. The van der Waals surface area contributed by atoms with Crippen LogP contribution in [-0.4, -0.2) is 54.9 Å². The molecule has 0 radical (unpaired) electrons. The fourth-order valence-electron chi connectivity index (χ4n) is 1.11. The first-order chi connectivity index (χ1) is 6.54. The number of rotatable bonds is 4. The molecule has 4 nitrogen and oxygen atoms in total. The van der Waals surface area contributed by atoms with Gasteiger partial charge in [0.25, 0.3) is 0 Å². The maximum atomic E-state index is 11.8. The average Bonchev–Trinajstić information content (AvgIpc) is 1.95. The second-order valence-corrected chi connectivity index (χ2v) is 3.92. The van der Waals surface area contributed by atoms with E-state index in [0.717, 1.165) is 0 Å². The van der Waals surface area contributed by atoms with Gasteiger partial charge < -0.3 is 15.3 Å². The summed E-state index contributed by atoms with van der Waals surface area (Å²) in [4.78, 5) is 12.0. The normalized spacial score (nSPS) is 16.3. The average molecular weight is 228 g/mol. The van der Waals surface area contributed by atoms with Crippen molar-refractivity contribution in [3.05, 3.63) is 0 Å². The molecule has 90 valence electrons. The predicted octanol–water partition coefficient (Wildman–Crippen LogP) is -0.0225. The molecule has 1 atom stereocenters. The number of aliphatic hydroxyl groups is 1. The van der Waals surface area contributed by atoms with E-state index in [1.54, 1.807) is 24.3 Å². The number of likely N-dealkylation sites (N-methyl/N-ethyl adjacent to an activating group) is 1. The summed E-state index contributed by atoms with van der Waals surface area (Å²) in [6.45, 7) is 1.07. The van der Waals surface area contributed by atoms with E-state index in [1.807, 2.05) is 0 Å². The first-order valence-electron chi connectivity index (χ1n) is 4.27. The summed E-state index contributed by atoms with van der Waals surface area (Å²) in [5.74, 6) is -2.04. The second kappa shape index (κ2) is 4.80. The highest BCUT2D eigenvalue weighted by Gasteiger charge is 2.39. The summed E-state index contributed by atoms with van der Waals surface area (Å²) >= 11 is 0. The maximum Gasteiger partial charge on any atom is 0.471 e. The van der Waals surface area contributed by atoms with Gasteiger partial charge in [0, 0.05) is 13.1 Å². The van der Waals surface area contributed by atoms with E-state index in [2.05, 4.69) is 0 Å². The minimum absolute atomic E-state index is 0.158. The summed E-state index contributed by atoms with van der Waals surface area (Å²) in [5.41, 5.74) is -1.38. The van der Waals surface area contributed by atoms with Crippen LogP contribution in [0.1, 0.15) is 6.92 Å². The van der Waals surface area contributed by atoms with Gasteiger partial charge in [-0.25, -0.2) is 0 Å². The van der Waals surface area contributed by atoms with Gasteiger partial charge in [0.2, 0.25) is 0 Å². The second-order valence-electron chi connectivity index (χ2n) is 3.92. The first kappa shape index (κ1) is 14.2. The summed E-state index contributed by atoms with van der Waals surface area (Å²) in [7, 11) is 3.33. The number of nitrogens with zero attached hydrogens (tertiary/aromatic N) is 1. The Morgan fingerprint density at radius 1 is 1.40 bits per heavy atom.